The van der Waals surface area contributed by atoms with Crippen molar-refractivity contribution >= 4 is 52.5 Å². The van der Waals surface area contributed by atoms with Gasteiger partial charge in [0, 0.05) is 17.3 Å². The Hall–Kier alpha value is -0.910. The number of alkyl halides is 2. The van der Waals surface area contributed by atoms with E-state index in [0.29, 0.717) is 22.9 Å². The van der Waals surface area contributed by atoms with E-state index in [1.807, 2.05) is 0 Å². The zero-order valence-corrected chi connectivity index (χ0v) is 13.0. The van der Waals surface area contributed by atoms with Crippen molar-refractivity contribution in [3.05, 3.63) is 29.8 Å². The van der Waals surface area contributed by atoms with Gasteiger partial charge in [0.25, 0.3) is 0 Å². The number of carboxylic acid groups (broad SMARTS) is 1. The second-order valence-electron chi connectivity index (χ2n) is 3.99. The van der Waals surface area contributed by atoms with Gasteiger partial charge in [-0.05, 0) is 17.7 Å². The van der Waals surface area contributed by atoms with Crippen molar-refractivity contribution in [1.29, 1.82) is 0 Å². The summed E-state index contributed by atoms with van der Waals surface area (Å²) in [5.41, 5.74) is 1.30. The van der Waals surface area contributed by atoms with E-state index in [1.165, 1.54) is 11.8 Å². The molecular weight excluding hydrogens is 321 g/mol. The maximum Gasteiger partial charge on any atom is 0.307 e. The van der Waals surface area contributed by atoms with Crippen molar-refractivity contribution in [2.24, 2.45) is 0 Å². The molecule has 0 aromatic heterocycles. The standard InChI is InChI=1S/C13H15Cl2NO3S/c14-5-6-20-11(15)8-12(17)16-10-3-1-9(2-4-10)7-13(18)19/h1-4,11H,5-8H2,(H,16,17)(H,18,19). The number of carbonyl (C=O) groups excluding carboxylic acids is 1. The third-order valence-corrected chi connectivity index (χ3v) is 4.23. The fourth-order valence-corrected chi connectivity index (χ4v) is 2.76. The Morgan fingerprint density at radius 2 is 1.95 bits per heavy atom. The first-order chi connectivity index (χ1) is 9.51. The predicted octanol–water partition coefficient (Wildman–Crippen LogP) is 3.18. The van der Waals surface area contributed by atoms with E-state index in [2.05, 4.69) is 5.32 Å². The molecule has 0 heterocycles. The van der Waals surface area contributed by atoms with Crippen LogP contribution in [-0.4, -0.2) is 33.3 Å². The van der Waals surface area contributed by atoms with Gasteiger partial charge in [-0.2, -0.15) is 0 Å². The first kappa shape index (κ1) is 17.1. The molecule has 0 saturated heterocycles. The summed E-state index contributed by atoms with van der Waals surface area (Å²) in [4.78, 5) is 22.3. The molecular formula is C13H15Cl2NO3S. The van der Waals surface area contributed by atoms with Gasteiger partial charge >= 0.3 is 5.97 Å². The molecule has 0 radical (unpaired) electrons. The molecule has 1 aromatic carbocycles. The number of carboxylic acids is 1. The number of hydrogen-bond donors (Lipinski definition) is 2. The number of aliphatic carboxylic acids is 1. The Morgan fingerprint density at radius 3 is 2.50 bits per heavy atom. The molecule has 20 heavy (non-hydrogen) atoms. The molecule has 1 aromatic rings. The Kier molecular flexibility index (Phi) is 7.80. The second kappa shape index (κ2) is 9.10. The van der Waals surface area contributed by atoms with Crippen LogP contribution in [0.1, 0.15) is 12.0 Å². The van der Waals surface area contributed by atoms with Crippen molar-refractivity contribution < 1.29 is 14.7 Å². The largest absolute Gasteiger partial charge is 0.481 e. The summed E-state index contributed by atoms with van der Waals surface area (Å²) in [6.07, 6.45) is 0.160. The fraction of sp³-hybridized carbons (Fsp3) is 0.385. The monoisotopic (exact) mass is 335 g/mol. The van der Waals surface area contributed by atoms with Crippen LogP contribution in [-0.2, 0) is 16.0 Å². The molecule has 2 N–H and O–H groups in total. The van der Waals surface area contributed by atoms with Crippen LogP contribution in [0.4, 0.5) is 5.69 Å². The van der Waals surface area contributed by atoms with Crippen molar-refractivity contribution in [3.63, 3.8) is 0 Å². The smallest absolute Gasteiger partial charge is 0.307 e. The SMILES string of the molecule is O=C(O)Cc1ccc(NC(=O)CC(Cl)SCCCl)cc1. The predicted molar refractivity (Wildman–Crippen MR) is 83.8 cm³/mol. The number of halogens is 2. The highest BCUT2D eigenvalue weighted by molar-refractivity contribution is 8.01. The molecule has 1 unspecified atom stereocenters. The number of benzene rings is 1. The van der Waals surface area contributed by atoms with Crippen molar-refractivity contribution in [2.45, 2.75) is 17.6 Å². The minimum Gasteiger partial charge on any atom is -0.481 e. The Labute approximate surface area is 131 Å². The van der Waals surface area contributed by atoms with Crippen molar-refractivity contribution in [1.82, 2.24) is 0 Å². The van der Waals surface area contributed by atoms with Gasteiger partial charge in [0.05, 0.1) is 17.6 Å². The maximum atomic E-state index is 11.7. The average molecular weight is 336 g/mol. The topological polar surface area (TPSA) is 66.4 Å². The van der Waals surface area contributed by atoms with Crippen molar-refractivity contribution in [3.8, 4) is 0 Å². The van der Waals surface area contributed by atoms with E-state index in [4.69, 9.17) is 28.3 Å². The Balaban J connectivity index is 2.43. The second-order valence-corrected chi connectivity index (χ2v) is 6.46. The van der Waals surface area contributed by atoms with Crippen LogP contribution in [0.3, 0.4) is 0 Å². The lowest BCUT2D eigenvalue weighted by Crippen LogP contribution is -2.15. The van der Waals surface area contributed by atoms with E-state index in [-0.39, 0.29) is 23.5 Å². The van der Waals surface area contributed by atoms with Gasteiger partial charge in [-0.15, -0.1) is 35.0 Å². The normalized spacial score (nSPS) is 11.9. The van der Waals surface area contributed by atoms with Crippen LogP contribution in [0.15, 0.2) is 24.3 Å². The van der Waals surface area contributed by atoms with Gasteiger partial charge in [-0.1, -0.05) is 12.1 Å². The molecule has 4 nitrogen and oxygen atoms in total. The molecule has 1 amide bonds. The van der Waals surface area contributed by atoms with E-state index in [0.717, 1.165) is 0 Å². The summed E-state index contributed by atoms with van der Waals surface area (Å²) in [7, 11) is 0. The van der Waals surface area contributed by atoms with Crippen molar-refractivity contribution in [2.75, 3.05) is 16.9 Å². The summed E-state index contributed by atoms with van der Waals surface area (Å²) in [5.74, 6) is 0.133. The lowest BCUT2D eigenvalue weighted by atomic mass is 10.1. The van der Waals surface area contributed by atoms with E-state index in [1.54, 1.807) is 24.3 Å². The molecule has 7 heteroatoms. The molecule has 0 bridgehead atoms. The van der Waals surface area contributed by atoms with Gasteiger partial charge < -0.3 is 10.4 Å². The quantitative estimate of drug-likeness (QED) is 0.716. The summed E-state index contributed by atoms with van der Waals surface area (Å²) < 4.78 is -0.306. The molecule has 0 spiro atoms. The Morgan fingerprint density at radius 1 is 1.30 bits per heavy atom. The third-order valence-electron chi connectivity index (χ3n) is 2.31. The molecule has 110 valence electrons. The van der Waals surface area contributed by atoms with Crippen LogP contribution in [0.25, 0.3) is 0 Å². The van der Waals surface area contributed by atoms with E-state index >= 15 is 0 Å². The number of anilines is 1. The minimum absolute atomic E-state index is 0.0347. The Bertz CT molecular complexity index is 453. The van der Waals surface area contributed by atoms with Crippen LogP contribution < -0.4 is 5.32 Å². The highest BCUT2D eigenvalue weighted by Crippen LogP contribution is 2.20. The lowest BCUT2D eigenvalue weighted by molar-refractivity contribution is -0.136. The van der Waals surface area contributed by atoms with Crippen LogP contribution >= 0.6 is 35.0 Å². The molecule has 1 rings (SSSR count). The zero-order valence-electron chi connectivity index (χ0n) is 10.6. The molecule has 0 aliphatic rings. The zero-order chi connectivity index (χ0) is 15.0. The van der Waals surface area contributed by atoms with E-state index in [9.17, 15) is 9.59 Å². The molecule has 0 aliphatic carbocycles. The fourth-order valence-electron chi connectivity index (χ4n) is 1.47. The molecule has 1 atom stereocenters. The lowest BCUT2D eigenvalue weighted by Gasteiger charge is -2.09. The summed E-state index contributed by atoms with van der Waals surface area (Å²) in [6.45, 7) is 0. The third kappa shape index (κ3) is 7.03. The van der Waals surface area contributed by atoms with Crippen LogP contribution in [0.2, 0.25) is 0 Å². The highest BCUT2D eigenvalue weighted by atomic mass is 35.5. The van der Waals surface area contributed by atoms with Crippen LogP contribution in [0, 0.1) is 0 Å². The van der Waals surface area contributed by atoms with Gasteiger partial charge in [-0.3, -0.25) is 9.59 Å². The van der Waals surface area contributed by atoms with Crippen LogP contribution in [0.5, 0.6) is 0 Å². The number of hydrogen-bond acceptors (Lipinski definition) is 3. The summed E-state index contributed by atoms with van der Waals surface area (Å²) in [5, 5.41) is 11.4. The van der Waals surface area contributed by atoms with Gasteiger partial charge in [-0.25, -0.2) is 0 Å². The maximum absolute atomic E-state index is 11.7. The van der Waals surface area contributed by atoms with Gasteiger partial charge in [0.15, 0.2) is 0 Å². The number of carbonyl (C=O) groups is 2. The summed E-state index contributed by atoms with van der Waals surface area (Å²) in [6, 6.07) is 6.69. The van der Waals surface area contributed by atoms with Gasteiger partial charge in [0.2, 0.25) is 5.91 Å². The first-order valence-electron chi connectivity index (χ1n) is 5.93. The highest BCUT2D eigenvalue weighted by Gasteiger charge is 2.11. The number of nitrogens with one attached hydrogen (secondary N) is 1. The number of thioether (sulfide) groups is 1. The molecule has 0 aliphatic heterocycles. The first-order valence-corrected chi connectivity index (χ1v) is 7.95. The molecule has 0 fully saturated rings. The average Bonchev–Trinajstić information content (AvgIpc) is 2.38. The number of amides is 1. The molecule has 0 saturated carbocycles. The minimum atomic E-state index is -0.886. The van der Waals surface area contributed by atoms with E-state index < -0.39 is 5.97 Å². The number of rotatable bonds is 8. The van der Waals surface area contributed by atoms with Gasteiger partial charge in [0.1, 0.15) is 0 Å². The summed E-state index contributed by atoms with van der Waals surface area (Å²) >= 11 is 13.0.